The Morgan fingerprint density at radius 2 is 2.12 bits per heavy atom. The minimum Gasteiger partial charge on any atom is -0.282 e. The van der Waals surface area contributed by atoms with Crippen LogP contribution in [-0.4, -0.2) is 25.1 Å². The number of carbonyl (C=O) groups excluding carboxylic acids is 1. The molecule has 0 bridgehead atoms. The van der Waals surface area contributed by atoms with Crippen molar-refractivity contribution in [2.75, 3.05) is 5.01 Å². The molecule has 17 heavy (non-hydrogen) atoms. The van der Waals surface area contributed by atoms with E-state index in [1.807, 2.05) is 0 Å². The van der Waals surface area contributed by atoms with Crippen LogP contribution >= 0.6 is 0 Å². The second-order valence-electron chi connectivity index (χ2n) is 3.63. The van der Waals surface area contributed by atoms with Crippen molar-refractivity contribution in [2.45, 2.75) is 18.2 Å². The summed E-state index contributed by atoms with van der Waals surface area (Å²) in [4.78, 5) is 11.2. The molecule has 7 heteroatoms. The third-order valence-corrected chi connectivity index (χ3v) is 3.39. The predicted molar refractivity (Wildman–Crippen MR) is 61.6 cm³/mol. The molecule has 1 aliphatic rings. The van der Waals surface area contributed by atoms with E-state index in [1.165, 1.54) is 36.3 Å². The highest BCUT2D eigenvalue weighted by Gasteiger charge is 2.20. The van der Waals surface area contributed by atoms with Gasteiger partial charge in [0.05, 0.1) is 17.0 Å². The number of nitrogens with zero attached hydrogens (tertiary/aromatic N) is 2. The molecule has 1 aliphatic heterocycles. The van der Waals surface area contributed by atoms with Crippen molar-refractivity contribution in [3.05, 3.63) is 23.8 Å². The summed E-state index contributed by atoms with van der Waals surface area (Å²) < 4.78 is 30.9. The van der Waals surface area contributed by atoms with E-state index in [0.29, 0.717) is 11.3 Å². The molecule has 2 rings (SSSR count). The molecule has 0 saturated carbocycles. The molecule has 1 aromatic carbocycles. The molecule has 6 nitrogen and oxygen atoms in total. The van der Waals surface area contributed by atoms with Gasteiger partial charge < -0.3 is 0 Å². The van der Waals surface area contributed by atoms with Gasteiger partial charge in [-0.3, -0.25) is 9.35 Å². The quantitative estimate of drug-likeness (QED) is 0.796. The van der Waals surface area contributed by atoms with Crippen LogP contribution < -0.4 is 5.01 Å². The fourth-order valence-corrected chi connectivity index (χ4v) is 2.32. The van der Waals surface area contributed by atoms with Gasteiger partial charge >= 0.3 is 0 Å². The van der Waals surface area contributed by atoms with E-state index in [4.69, 9.17) is 4.55 Å². The first-order chi connectivity index (χ1) is 7.89. The topological polar surface area (TPSA) is 87.0 Å². The zero-order valence-corrected chi connectivity index (χ0v) is 9.81. The number of rotatable bonds is 2. The van der Waals surface area contributed by atoms with Gasteiger partial charge in [-0.2, -0.15) is 13.5 Å². The zero-order chi connectivity index (χ0) is 12.6. The molecule has 0 unspecified atom stereocenters. The minimum absolute atomic E-state index is 0.170. The van der Waals surface area contributed by atoms with Gasteiger partial charge in [0.15, 0.2) is 0 Å². The van der Waals surface area contributed by atoms with Crippen molar-refractivity contribution in [2.24, 2.45) is 5.10 Å². The molecule has 0 atom stereocenters. The van der Waals surface area contributed by atoms with Crippen LogP contribution in [0, 0.1) is 6.92 Å². The Bertz CT molecular complexity index is 607. The summed E-state index contributed by atoms with van der Waals surface area (Å²) in [5.74, 6) is -0.177. The predicted octanol–water partition coefficient (Wildman–Crippen LogP) is 0.964. The first kappa shape index (κ1) is 11.7. The molecular formula is C10H10N2O4S. The van der Waals surface area contributed by atoms with E-state index in [1.54, 1.807) is 0 Å². The van der Waals surface area contributed by atoms with Crippen molar-refractivity contribution in [1.29, 1.82) is 0 Å². The number of benzene rings is 1. The Kier molecular flexibility index (Phi) is 2.72. The van der Waals surface area contributed by atoms with Crippen LogP contribution in [0.5, 0.6) is 0 Å². The highest BCUT2D eigenvalue weighted by molar-refractivity contribution is 7.85. The highest BCUT2D eigenvalue weighted by atomic mass is 32.2. The van der Waals surface area contributed by atoms with Crippen LogP contribution in [0.3, 0.4) is 0 Å². The molecule has 90 valence electrons. The lowest BCUT2D eigenvalue weighted by molar-refractivity contribution is -0.116. The van der Waals surface area contributed by atoms with E-state index >= 15 is 0 Å². The number of anilines is 1. The van der Waals surface area contributed by atoms with Crippen molar-refractivity contribution < 1.29 is 17.8 Å². The molecule has 1 heterocycles. The molecule has 0 saturated heterocycles. The minimum atomic E-state index is -4.23. The van der Waals surface area contributed by atoms with Gasteiger partial charge in [0.1, 0.15) is 0 Å². The smallest absolute Gasteiger partial charge is 0.282 e. The van der Waals surface area contributed by atoms with Crippen LogP contribution in [0.4, 0.5) is 5.69 Å². The van der Waals surface area contributed by atoms with Gasteiger partial charge in [-0.1, -0.05) is 0 Å². The normalized spacial score (nSPS) is 15.6. The van der Waals surface area contributed by atoms with Crippen molar-refractivity contribution in [3.63, 3.8) is 0 Å². The lowest BCUT2D eigenvalue weighted by atomic mass is 10.2. The van der Waals surface area contributed by atoms with Gasteiger partial charge in [0.2, 0.25) is 0 Å². The van der Waals surface area contributed by atoms with Crippen LogP contribution in [0.1, 0.15) is 12.0 Å². The summed E-state index contributed by atoms with van der Waals surface area (Å²) in [6, 6.07) is 4.17. The van der Waals surface area contributed by atoms with Gasteiger partial charge in [-0.25, -0.2) is 5.01 Å². The number of carbonyl (C=O) groups is 1. The highest BCUT2D eigenvalue weighted by Crippen LogP contribution is 2.24. The zero-order valence-electron chi connectivity index (χ0n) is 8.99. The van der Waals surface area contributed by atoms with Gasteiger partial charge in [0.25, 0.3) is 16.0 Å². The molecule has 0 aromatic heterocycles. The standard InChI is InChI=1S/C10H10N2O4S/c1-7-6-8(12-10(13)4-5-11-12)2-3-9(7)17(14,15)16/h2-3,5-6H,4H2,1H3,(H,14,15,16). The van der Waals surface area contributed by atoms with E-state index in [2.05, 4.69) is 5.10 Å². The van der Waals surface area contributed by atoms with Crippen LogP contribution in [-0.2, 0) is 14.9 Å². The van der Waals surface area contributed by atoms with E-state index in [-0.39, 0.29) is 17.2 Å². The summed E-state index contributed by atoms with van der Waals surface area (Å²) in [5.41, 5.74) is 0.841. The molecule has 0 aliphatic carbocycles. The maximum atomic E-state index is 11.4. The molecule has 0 spiro atoms. The summed E-state index contributed by atoms with van der Waals surface area (Å²) >= 11 is 0. The number of aryl methyl sites for hydroxylation is 1. The second kappa shape index (κ2) is 3.94. The summed E-state index contributed by atoms with van der Waals surface area (Å²) in [6.45, 7) is 1.54. The van der Waals surface area contributed by atoms with Crippen molar-refractivity contribution in [3.8, 4) is 0 Å². The Morgan fingerprint density at radius 3 is 2.59 bits per heavy atom. The third-order valence-electron chi connectivity index (χ3n) is 2.38. The number of hydrogen-bond donors (Lipinski definition) is 1. The lowest BCUT2D eigenvalue weighted by Crippen LogP contribution is -2.19. The Balaban J connectivity index is 2.45. The molecule has 1 amide bonds. The summed E-state index contributed by atoms with van der Waals surface area (Å²) in [5, 5.41) is 5.06. The van der Waals surface area contributed by atoms with Crippen LogP contribution in [0.25, 0.3) is 0 Å². The Morgan fingerprint density at radius 1 is 1.41 bits per heavy atom. The second-order valence-corrected chi connectivity index (χ2v) is 5.02. The monoisotopic (exact) mass is 254 g/mol. The average molecular weight is 254 g/mol. The molecule has 1 N–H and O–H groups in total. The molecule has 1 aromatic rings. The average Bonchev–Trinajstić information content (AvgIpc) is 2.62. The summed E-state index contributed by atoms with van der Waals surface area (Å²) in [7, 11) is -4.23. The maximum absolute atomic E-state index is 11.4. The fourth-order valence-electron chi connectivity index (χ4n) is 1.62. The number of hydrogen-bond acceptors (Lipinski definition) is 4. The first-order valence-corrected chi connectivity index (χ1v) is 6.27. The van der Waals surface area contributed by atoms with Crippen molar-refractivity contribution >= 4 is 27.9 Å². The van der Waals surface area contributed by atoms with Gasteiger partial charge in [0, 0.05) is 6.21 Å². The van der Waals surface area contributed by atoms with E-state index in [0.717, 1.165) is 0 Å². The summed E-state index contributed by atoms with van der Waals surface area (Å²) in [6.07, 6.45) is 1.72. The van der Waals surface area contributed by atoms with Gasteiger partial charge in [-0.15, -0.1) is 0 Å². The van der Waals surface area contributed by atoms with Crippen LogP contribution in [0.15, 0.2) is 28.2 Å². The van der Waals surface area contributed by atoms with E-state index < -0.39 is 10.1 Å². The van der Waals surface area contributed by atoms with E-state index in [9.17, 15) is 13.2 Å². The maximum Gasteiger partial charge on any atom is 0.294 e. The van der Waals surface area contributed by atoms with Gasteiger partial charge in [-0.05, 0) is 30.7 Å². The fraction of sp³-hybridized carbons (Fsp3) is 0.200. The molecule has 0 radical (unpaired) electrons. The number of amides is 1. The van der Waals surface area contributed by atoms with Crippen LogP contribution in [0.2, 0.25) is 0 Å². The first-order valence-electron chi connectivity index (χ1n) is 4.83. The Labute approximate surface area is 98.3 Å². The number of hydrazone groups is 1. The largest absolute Gasteiger partial charge is 0.294 e. The molecular weight excluding hydrogens is 244 g/mol. The third kappa shape index (κ3) is 2.20. The SMILES string of the molecule is Cc1cc(N2N=CCC2=O)ccc1S(=O)(=O)O. The van der Waals surface area contributed by atoms with Crippen molar-refractivity contribution in [1.82, 2.24) is 0 Å². The lowest BCUT2D eigenvalue weighted by Gasteiger charge is -2.13. The Hall–Kier alpha value is -1.73. The molecule has 0 fully saturated rings.